The van der Waals surface area contributed by atoms with Crippen LogP contribution in [0.4, 0.5) is 10.5 Å². The summed E-state index contributed by atoms with van der Waals surface area (Å²) in [6.45, 7) is 9.32. The molecule has 0 heterocycles. The van der Waals surface area contributed by atoms with E-state index in [1.54, 1.807) is 20.8 Å². The van der Waals surface area contributed by atoms with Gasteiger partial charge in [-0.25, -0.2) is 4.79 Å². The highest BCUT2D eigenvalue weighted by molar-refractivity contribution is 6.08. The van der Waals surface area contributed by atoms with Crippen LogP contribution in [0.25, 0.3) is 10.8 Å². The summed E-state index contributed by atoms with van der Waals surface area (Å²) in [5.41, 5.74) is -0.829. The van der Waals surface area contributed by atoms with Gasteiger partial charge in [0.05, 0.1) is 6.10 Å². The summed E-state index contributed by atoms with van der Waals surface area (Å²) in [6.07, 6.45) is 0.650. The maximum atomic E-state index is 12.9. The van der Waals surface area contributed by atoms with E-state index in [-0.39, 0.29) is 12.0 Å². The molecular formula is C22H28N2O4. The lowest BCUT2D eigenvalue weighted by molar-refractivity contribution is -0.119. The van der Waals surface area contributed by atoms with E-state index < -0.39 is 17.2 Å². The van der Waals surface area contributed by atoms with Crippen molar-refractivity contribution in [1.82, 2.24) is 5.32 Å². The molecule has 2 N–H and O–H groups in total. The second-order valence-corrected chi connectivity index (χ2v) is 8.49. The van der Waals surface area contributed by atoms with Crippen molar-refractivity contribution in [2.75, 3.05) is 5.32 Å². The van der Waals surface area contributed by atoms with Gasteiger partial charge < -0.3 is 20.1 Å². The van der Waals surface area contributed by atoms with Crippen molar-refractivity contribution in [3.05, 3.63) is 36.4 Å². The number of benzene rings is 2. The van der Waals surface area contributed by atoms with E-state index in [1.807, 2.05) is 50.2 Å². The predicted molar refractivity (Wildman–Crippen MR) is 110 cm³/mol. The largest absolute Gasteiger partial charge is 0.490 e. The molecule has 2 aromatic rings. The fraction of sp³-hybridized carbons (Fsp3) is 0.455. The predicted octanol–water partition coefficient (Wildman–Crippen LogP) is 4.62. The summed E-state index contributed by atoms with van der Waals surface area (Å²) in [6, 6.07) is 11.5. The van der Waals surface area contributed by atoms with E-state index in [2.05, 4.69) is 10.6 Å². The molecular weight excluding hydrogens is 356 g/mol. The molecule has 0 aliphatic heterocycles. The molecule has 0 atom stereocenters. The maximum absolute atomic E-state index is 12.9. The summed E-state index contributed by atoms with van der Waals surface area (Å²) >= 11 is 0. The zero-order valence-corrected chi connectivity index (χ0v) is 17.1. The molecule has 6 heteroatoms. The average molecular weight is 384 g/mol. The SMILES string of the molecule is CC(C)Oc1ccc(NC(=O)C2(NC(=O)OC(C)(C)C)CC2)c2ccccc12. The van der Waals surface area contributed by atoms with Gasteiger partial charge in [-0.2, -0.15) is 0 Å². The van der Waals surface area contributed by atoms with Crippen LogP contribution in [0.15, 0.2) is 36.4 Å². The molecule has 150 valence electrons. The van der Waals surface area contributed by atoms with Crippen LogP contribution in [-0.2, 0) is 9.53 Å². The topological polar surface area (TPSA) is 76.7 Å². The summed E-state index contributed by atoms with van der Waals surface area (Å²) in [5.74, 6) is 0.539. The molecule has 0 saturated heterocycles. The summed E-state index contributed by atoms with van der Waals surface area (Å²) in [5, 5.41) is 7.52. The summed E-state index contributed by atoms with van der Waals surface area (Å²) < 4.78 is 11.2. The Morgan fingerprint density at radius 2 is 1.68 bits per heavy atom. The van der Waals surface area contributed by atoms with Crippen LogP contribution in [0.1, 0.15) is 47.5 Å². The summed E-state index contributed by atoms with van der Waals surface area (Å²) in [7, 11) is 0. The van der Waals surface area contributed by atoms with Gasteiger partial charge in [0.1, 0.15) is 16.9 Å². The number of carbonyl (C=O) groups excluding carboxylic acids is 2. The Balaban J connectivity index is 1.79. The molecule has 0 radical (unpaired) electrons. The molecule has 0 spiro atoms. The van der Waals surface area contributed by atoms with Crippen LogP contribution in [0.3, 0.4) is 0 Å². The van der Waals surface area contributed by atoms with Crippen LogP contribution in [0, 0.1) is 0 Å². The molecule has 1 aliphatic carbocycles. The fourth-order valence-corrected chi connectivity index (χ4v) is 3.01. The van der Waals surface area contributed by atoms with Crippen molar-refractivity contribution in [3.63, 3.8) is 0 Å². The smallest absolute Gasteiger partial charge is 0.408 e. The van der Waals surface area contributed by atoms with Gasteiger partial charge in [-0.15, -0.1) is 0 Å². The number of amides is 2. The number of hydrogen-bond donors (Lipinski definition) is 2. The summed E-state index contributed by atoms with van der Waals surface area (Å²) in [4.78, 5) is 25.0. The first-order valence-electron chi connectivity index (χ1n) is 9.61. The molecule has 2 aromatic carbocycles. The second kappa shape index (κ2) is 7.34. The van der Waals surface area contributed by atoms with Crippen LogP contribution in [0.5, 0.6) is 5.75 Å². The third-order valence-corrected chi connectivity index (χ3v) is 4.42. The van der Waals surface area contributed by atoms with E-state index in [1.165, 1.54) is 0 Å². The molecule has 0 bridgehead atoms. The first-order valence-corrected chi connectivity index (χ1v) is 9.61. The standard InChI is InChI=1S/C22H28N2O4/c1-14(2)27-18-11-10-17(15-8-6-7-9-16(15)18)23-19(25)22(12-13-22)24-20(26)28-21(3,4)5/h6-11,14H,12-13H2,1-5H3,(H,23,25)(H,24,26). The number of alkyl carbamates (subject to hydrolysis) is 1. The van der Waals surface area contributed by atoms with Gasteiger partial charge >= 0.3 is 6.09 Å². The van der Waals surface area contributed by atoms with E-state index >= 15 is 0 Å². The number of fused-ring (bicyclic) bond motifs is 1. The van der Waals surface area contributed by atoms with Crippen LogP contribution in [0.2, 0.25) is 0 Å². The minimum atomic E-state index is -0.906. The van der Waals surface area contributed by atoms with E-state index in [9.17, 15) is 9.59 Å². The van der Waals surface area contributed by atoms with E-state index in [0.717, 1.165) is 16.5 Å². The molecule has 28 heavy (non-hydrogen) atoms. The van der Waals surface area contributed by atoms with Gasteiger partial charge in [0.15, 0.2) is 0 Å². The van der Waals surface area contributed by atoms with E-state index in [4.69, 9.17) is 9.47 Å². The van der Waals surface area contributed by atoms with E-state index in [0.29, 0.717) is 18.5 Å². The zero-order chi connectivity index (χ0) is 20.5. The Kier molecular flexibility index (Phi) is 5.24. The van der Waals surface area contributed by atoms with Crippen molar-refractivity contribution in [3.8, 4) is 5.75 Å². The van der Waals surface area contributed by atoms with Gasteiger partial charge in [-0.1, -0.05) is 24.3 Å². The molecule has 6 nitrogen and oxygen atoms in total. The second-order valence-electron chi connectivity index (χ2n) is 8.49. The normalized spacial score (nSPS) is 15.2. The highest BCUT2D eigenvalue weighted by Crippen LogP contribution is 2.38. The van der Waals surface area contributed by atoms with Crippen molar-refractivity contribution in [2.45, 2.75) is 64.7 Å². The first kappa shape index (κ1) is 20.0. The number of nitrogens with one attached hydrogen (secondary N) is 2. The average Bonchev–Trinajstić information content (AvgIpc) is 3.35. The van der Waals surface area contributed by atoms with Crippen LogP contribution < -0.4 is 15.4 Å². The Morgan fingerprint density at radius 3 is 2.25 bits per heavy atom. The van der Waals surface area contributed by atoms with Gasteiger partial charge in [0.25, 0.3) is 0 Å². The molecule has 2 amide bonds. The molecule has 0 unspecified atom stereocenters. The van der Waals surface area contributed by atoms with Crippen molar-refractivity contribution < 1.29 is 19.1 Å². The third-order valence-electron chi connectivity index (χ3n) is 4.42. The minimum Gasteiger partial charge on any atom is -0.490 e. The number of rotatable bonds is 5. The first-order chi connectivity index (χ1) is 13.1. The minimum absolute atomic E-state index is 0.0524. The van der Waals surface area contributed by atoms with Crippen LogP contribution >= 0.6 is 0 Å². The lowest BCUT2D eigenvalue weighted by Gasteiger charge is -2.23. The number of carbonyl (C=O) groups is 2. The molecule has 3 rings (SSSR count). The molecule has 0 aromatic heterocycles. The van der Waals surface area contributed by atoms with Gasteiger partial charge in [0.2, 0.25) is 5.91 Å². The van der Waals surface area contributed by atoms with Crippen molar-refractivity contribution in [1.29, 1.82) is 0 Å². The molecule has 1 saturated carbocycles. The fourth-order valence-electron chi connectivity index (χ4n) is 3.01. The van der Waals surface area contributed by atoms with Crippen molar-refractivity contribution in [2.24, 2.45) is 0 Å². The Bertz CT molecular complexity index is 895. The van der Waals surface area contributed by atoms with Gasteiger partial charge in [-0.3, -0.25) is 4.79 Å². The lowest BCUT2D eigenvalue weighted by atomic mass is 10.1. The third kappa shape index (κ3) is 4.55. The number of ether oxygens (including phenoxy) is 2. The monoisotopic (exact) mass is 384 g/mol. The number of anilines is 1. The highest BCUT2D eigenvalue weighted by atomic mass is 16.6. The Morgan fingerprint density at radius 1 is 1.04 bits per heavy atom. The van der Waals surface area contributed by atoms with Crippen LogP contribution in [-0.4, -0.2) is 29.2 Å². The highest BCUT2D eigenvalue weighted by Gasteiger charge is 2.52. The lowest BCUT2D eigenvalue weighted by Crippen LogP contribution is -2.47. The maximum Gasteiger partial charge on any atom is 0.408 e. The van der Waals surface area contributed by atoms with Gasteiger partial charge in [-0.05, 0) is 59.6 Å². The van der Waals surface area contributed by atoms with Gasteiger partial charge in [0, 0.05) is 16.5 Å². The number of hydrogen-bond acceptors (Lipinski definition) is 4. The molecule has 1 aliphatic rings. The van der Waals surface area contributed by atoms with Crippen molar-refractivity contribution >= 4 is 28.5 Å². The zero-order valence-electron chi connectivity index (χ0n) is 17.1. The molecule has 1 fully saturated rings. The quantitative estimate of drug-likeness (QED) is 0.788. The Labute approximate surface area is 165 Å². The Hall–Kier alpha value is -2.76.